The molecule has 3 rings (SSSR count). The highest BCUT2D eigenvalue weighted by molar-refractivity contribution is 5.58. The second-order valence-corrected chi connectivity index (χ2v) is 4.98. The fraction of sp³-hybridized carbons (Fsp3) is 0.429. The molecule has 3 heterocycles. The van der Waals surface area contributed by atoms with Crippen molar-refractivity contribution >= 4 is 11.9 Å². The van der Waals surface area contributed by atoms with Crippen molar-refractivity contribution in [2.75, 3.05) is 30.8 Å². The van der Waals surface area contributed by atoms with Crippen LogP contribution in [0.4, 0.5) is 11.9 Å². The van der Waals surface area contributed by atoms with E-state index in [-0.39, 0.29) is 5.95 Å². The van der Waals surface area contributed by atoms with Crippen LogP contribution in [0.3, 0.4) is 0 Å². The van der Waals surface area contributed by atoms with E-state index in [1.54, 1.807) is 19.5 Å². The van der Waals surface area contributed by atoms with Gasteiger partial charge >= 0.3 is 0 Å². The van der Waals surface area contributed by atoms with Gasteiger partial charge in [0.05, 0.1) is 13.3 Å². The zero-order valence-corrected chi connectivity index (χ0v) is 12.0. The molecule has 21 heavy (non-hydrogen) atoms. The van der Waals surface area contributed by atoms with E-state index in [2.05, 4.69) is 24.8 Å². The first-order valence-corrected chi connectivity index (χ1v) is 7.02. The first-order valence-electron chi connectivity index (χ1n) is 7.02. The normalized spacial score (nSPS) is 15.0. The maximum absolute atomic E-state index is 5.83. The molecule has 1 saturated heterocycles. The molecule has 7 nitrogen and oxygen atoms in total. The largest absolute Gasteiger partial charge is 0.495 e. The van der Waals surface area contributed by atoms with Crippen molar-refractivity contribution in [3.8, 4) is 17.1 Å². The molecule has 0 saturated carbocycles. The molecule has 0 amide bonds. The maximum Gasteiger partial charge on any atom is 0.230 e. The summed E-state index contributed by atoms with van der Waals surface area (Å²) in [7, 11) is 1.60. The summed E-state index contributed by atoms with van der Waals surface area (Å²) in [5.74, 6) is 2.05. The monoisotopic (exact) mass is 286 g/mol. The lowest BCUT2D eigenvalue weighted by molar-refractivity contribution is 0.413. The molecule has 0 radical (unpaired) electrons. The lowest BCUT2D eigenvalue weighted by Crippen LogP contribution is -2.31. The van der Waals surface area contributed by atoms with Gasteiger partial charge in [-0.25, -0.2) is 0 Å². The third kappa shape index (κ3) is 3.01. The van der Waals surface area contributed by atoms with Gasteiger partial charge in [-0.15, -0.1) is 0 Å². The number of pyridine rings is 1. The van der Waals surface area contributed by atoms with Crippen LogP contribution < -0.4 is 15.4 Å². The van der Waals surface area contributed by atoms with Gasteiger partial charge in [-0.2, -0.15) is 15.0 Å². The summed E-state index contributed by atoms with van der Waals surface area (Å²) in [6, 6.07) is 1.84. The topological polar surface area (TPSA) is 90.0 Å². The molecule has 0 unspecified atom stereocenters. The molecule has 2 aromatic heterocycles. The zero-order valence-electron chi connectivity index (χ0n) is 12.0. The molecular formula is C14H18N6O. The summed E-state index contributed by atoms with van der Waals surface area (Å²) < 4.78 is 5.18. The van der Waals surface area contributed by atoms with Crippen molar-refractivity contribution in [2.24, 2.45) is 0 Å². The molecule has 0 aromatic carbocycles. The Morgan fingerprint density at radius 3 is 2.67 bits per heavy atom. The number of hydrogen-bond donors (Lipinski definition) is 1. The summed E-state index contributed by atoms with van der Waals surface area (Å²) >= 11 is 0. The molecule has 1 aliphatic rings. The summed E-state index contributed by atoms with van der Waals surface area (Å²) in [4.78, 5) is 19.3. The van der Waals surface area contributed by atoms with Gasteiger partial charge in [0.1, 0.15) is 5.75 Å². The standard InChI is InChI=1S/C14H18N6O/c1-21-11-7-10(8-16-9-11)12-17-13(15)19-14(18-12)20-5-3-2-4-6-20/h7-9H,2-6H2,1H3,(H2,15,17,18,19). The van der Waals surface area contributed by atoms with E-state index >= 15 is 0 Å². The van der Waals surface area contributed by atoms with E-state index < -0.39 is 0 Å². The number of hydrogen-bond acceptors (Lipinski definition) is 7. The van der Waals surface area contributed by atoms with E-state index in [4.69, 9.17) is 10.5 Å². The molecule has 1 aliphatic heterocycles. The second-order valence-electron chi connectivity index (χ2n) is 4.98. The molecular weight excluding hydrogens is 268 g/mol. The zero-order chi connectivity index (χ0) is 14.7. The van der Waals surface area contributed by atoms with Crippen LogP contribution in [0.25, 0.3) is 11.4 Å². The van der Waals surface area contributed by atoms with Gasteiger partial charge in [0.15, 0.2) is 5.82 Å². The van der Waals surface area contributed by atoms with Crippen LogP contribution in [0.5, 0.6) is 5.75 Å². The van der Waals surface area contributed by atoms with Crippen LogP contribution in [-0.4, -0.2) is 40.1 Å². The van der Waals surface area contributed by atoms with E-state index in [0.717, 1.165) is 31.5 Å². The lowest BCUT2D eigenvalue weighted by Gasteiger charge is -2.26. The first-order chi connectivity index (χ1) is 10.3. The third-order valence-electron chi connectivity index (χ3n) is 3.49. The van der Waals surface area contributed by atoms with Crippen molar-refractivity contribution in [1.29, 1.82) is 0 Å². The van der Waals surface area contributed by atoms with Crippen molar-refractivity contribution < 1.29 is 4.74 Å². The SMILES string of the molecule is COc1cncc(-c2nc(N)nc(N3CCCCC3)n2)c1. The summed E-state index contributed by atoms with van der Waals surface area (Å²) in [5, 5.41) is 0. The molecule has 0 bridgehead atoms. The fourth-order valence-electron chi connectivity index (χ4n) is 2.40. The highest BCUT2D eigenvalue weighted by Gasteiger charge is 2.16. The van der Waals surface area contributed by atoms with Crippen LogP contribution in [0.1, 0.15) is 19.3 Å². The Bertz CT molecular complexity index is 627. The van der Waals surface area contributed by atoms with Crippen LogP contribution in [-0.2, 0) is 0 Å². The Morgan fingerprint density at radius 1 is 1.10 bits per heavy atom. The minimum atomic E-state index is 0.225. The average Bonchev–Trinajstić information content (AvgIpc) is 2.55. The third-order valence-corrected chi connectivity index (χ3v) is 3.49. The van der Waals surface area contributed by atoms with Crippen molar-refractivity contribution in [2.45, 2.75) is 19.3 Å². The number of rotatable bonds is 3. The maximum atomic E-state index is 5.83. The Balaban J connectivity index is 1.96. The highest BCUT2D eigenvalue weighted by Crippen LogP contribution is 2.23. The summed E-state index contributed by atoms with van der Waals surface area (Å²) in [6.45, 7) is 1.92. The Kier molecular flexibility index (Phi) is 3.81. The smallest absolute Gasteiger partial charge is 0.230 e. The number of aromatic nitrogens is 4. The number of nitrogen functional groups attached to an aromatic ring is 1. The van der Waals surface area contributed by atoms with Crippen LogP contribution in [0.2, 0.25) is 0 Å². The Labute approximate surface area is 123 Å². The lowest BCUT2D eigenvalue weighted by atomic mass is 10.1. The second kappa shape index (κ2) is 5.90. The first kappa shape index (κ1) is 13.5. The van der Waals surface area contributed by atoms with Gasteiger partial charge in [0, 0.05) is 24.8 Å². The van der Waals surface area contributed by atoms with E-state index in [1.807, 2.05) is 6.07 Å². The van der Waals surface area contributed by atoms with Crippen molar-refractivity contribution in [1.82, 2.24) is 19.9 Å². The van der Waals surface area contributed by atoms with E-state index in [1.165, 1.54) is 6.42 Å². The van der Waals surface area contributed by atoms with Gasteiger partial charge in [-0.05, 0) is 25.3 Å². The molecule has 7 heteroatoms. The van der Waals surface area contributed by atoms with Crippen LogP contribution in [0, 0.1) is 0 Å². The van der Waals surface area contributed by atoms with Gasteiger partial charge in [0.25, 0.3) is 0 Å². The Morgan fingerprint density at radius 2 is 1.90 bits per heavy atom. The van der Waals surface area contributed by atoms with Crippen LogP contribution in [0.15, 0.2) is 18.5 Å². The molecule has 0 spiro atoms. The molecule has 110 valence electrons. The molecule has 2 aromatic rings. The molecule has 2 N–H and O–H groups in total. The number of nitrogens with zero attached hydrogens (tertiary/aromatic N) is 5. The number of anilines is 2. The van der Waals surface area contributed by atoms with Gasteiger partial charge in [-0.3, -0.25) is 4.98 Å². The summed E-state index contributed by atoms with van der Waals surface area (Å²) in [5.41, 5.74) is 6.60. The van der Waals surface area contributed by atoms with Gasteiger partial charge in [0.2, 0.25) is 11.9 Å². The number of methoxy groups -OCH3 is 1. The minimum absolute atomic E-state index is 0.225. The molecule has 0 aliphatic carbocycles. The molecule has 0 atom stereocenters. The van der Waals surface area contributed by atoms with Gasteiger partial charge < -0.3 is 15.4 Å². The van der Waals surface area contributed by atoms with Crippen LogP contribution >= 0.6 is 0 Å². The quantitative estimate of drug-likeness (QED) is 0.914. The number of ether oxygens (including phenoxy) is 1. The van der Waals surface area contributed by atoms with Crippen molar-refractivity contribution in [3.63, 3.8) is 0 Å². The Hall–Kier alpha value is -2.44. The average molecular weight is 286 g/mol. The predicted octanol–water partition coefficient (Wildman–Crippen LogP) is 1.51. The van der Waals surface area contributed by atoms with Crippen molar-refractivity contribution in [3.05, 3.63) is 18.5 Å². The predicted molar refractivity (Wildman–Crippen MR) is 80.1 cm³/mol. The van der Waals surface area contributed by atoms with E-state index in [9.17, 15) is 0 Å². The number of piperidine rings is 1. The van der Waals surface area contributed by atoms with E-state index in [0.29, 0.717) is 17.5 Å². The highest BCUT2D eigenvalue weighted by atomic mass is 16.5. The fourth-order valence-corrected chi connectivity index (χ4v) is 2.40. The minimum Gasteiger partial charge on any atom is -0.495 e. The number of nitrogens with two attached hydrogens (primary N) is 1. The molecule has 1 fully saturated rings. The summed E-state index contributed by atoms with van der Waals surface area (Å²) in [6.07, 6.45) is 6.89. The van der Waals surface area contributed by atoms with Gasteiger partial charge in [-0.1, -0.05) is 0 Å².